The van der Waals surface area contributed by atoms with Gasteiger partial charge in [-0.15, -0.1) is 0 Å². The minimum Gasteiger partial charge on any atom is -0.445 e. The predicted octanol–water partition coefficient (Wildman–Crippen LogP) is 3.01. The molecule has 3 amide bonds. The second kappa shape index (κ2) is 12.2. The van der Waals surface area contributed by atoms with Crippen molar-refractivity contribution < 1.29 is 19.1 Å². The second-order valence-electron chi connectivity index (χ2n) is 7.44. The van der Waals surface area contributed by atoms with E-state index >= 15 is 0 Å². The lowest BCUT2D eigenvalue weighted by molar-refractivity contribution is -0.129. The molecule has 0 aromatic heterocycles. The quantitative estimate of drug-likeness (QED) is 0.545. The molecule has 7 heteroatoms. The van der Waals surface area contributed by atoms with Gasteiger partial charge in [-0.05, 0) is 23.5 Å². The molecule has 0 unspecified atom stereocenters. The Kier molecular flexibility index (Phi) is 9.29. The Hall–Kier alpha value is -3.61. The maximum Gasteiger partial charge on any atom is 0.408 e. The summed E-state index contributed by atoms with van der Waals surface area (Å²) < 4.78 is 5.19. The predicted molar refractivity (Wildman–Crippen MR) is 120 cm³/mol. The smallest absolute Gasteiger partial charge is 0.408 e. The molecule has 4 N–H and O–H groups in total. The van der Waals surface area contributed by atoms with Crippen LogP contribution >= 0.6 is 0 Å². The molecule has 0 fully saturated rings. The summed E-state index contributed by atoms with van der Waals surface area (Å²) >= 11 is 0. The van der Waals surface area contributed by atoms with Crippen LogP contribution in [0.15, 0.2) is 66.7 Å². The van der Waals surface area contributed by atoms with Crippen molar-refractivity contribution in [3.05, 3.63) is 77.9 Å². The zero-order chi connectivity index (χ0) is 22.6. The average Bonchev–Trinajstić information content (AvgIpc) is 2.76. The van der Waals surface area contributed by atoms with Crippen LogP contribution in [0.5, 0.6) is 0 Å². The van der Waals surface area contributed by atoms with E-state index in [1.165, 1.54) is 0 Å². The fraction of sp³-hybridized carbons (Fsp3) is 0.292. The molecule has 0 bridgehead atoms. The third-order valence-electron chi connectivity index (χ3n) is 4.58. The third-order valence-corrected chi connectivity index (χ3v) is 4.58. The lowest BCUT2D eigenvalue weighted by Gasteiger charge is -2.23. The van der Waals surface area contributed by atoms with Gasteiger partial charge in [0, 0.05) is 0 Å². The maximum atomic E-state index is 12.7. The van der Waals surface area contributed by atoms with Gasteiger partial charge in [-0.3, -0.25) is 9.59 Å². The molecule has 0 spiro atoms. The second-order valence-corrected chi connectivity index (χ2v) is 7.44. The Morgan fingerprint density at radius 1 is 0.968 bits per heavy atom. The molecule has 0 aliphatic rings. The van der Waals surface area contributed by atoms with Crippen LogP contribution in [-0.2, 0) is 20.9 Å². The van der Waals surface area contributed by atoms with Gasteiger partial charge < -0.3 is 21.1 Å². The number of ether oxygens (including phenoxy) is 1. The highest BCUT2D eigenvalue weighted by Gasteiger charge is 2.28. The van der Waals surface area contributed by atoms with Gasteiger partial charge >= 0.3 is 6.09 Å². The summed E-state index contributed by atoms with van der Waals surface area (Å²) in [5.41, 5.74) is 7.26. The summed E-state index contributed by atoms with van der Waals surface area (Å²) in [4.78, 5) is 36.7. The zero-order valence-corrected chi connectivity index (χ0v) is 17.8. The van der Waals surface area contributed by atoms with Gasteiger partial charge in [0.1, 0.15) is 18.7 Å². The van der Waals surface area contributed by atoms with Gasteiger partial charge in [-0.25, -0.2) is 4.79 Å². The van der Waals surface area contributed by atoms with Crippen molar-refractivity contribution in [1.29, 1.82) is 0 Å². The van der Waals surface area contributed by atoms with Crippen LogP contribution in [0, 0.1) is 5.92 Å². The summed E-state index contributed by atoms with van der Waals surface area (Å²) in [5, 5.41) is 5.20. The van der Waals surface area contributed by atoms with Gasteiger partial charge in [-0.2, -0.15) is 0 Å². The van der Waals surface area contributed by atoms with Crippen molar-refractivity contribution in [2.24, 2.45) is 11.7 Å². The standard InChI is InChI=1S/C24H29N3O4/c1-17(2)21(27-24(30)31-16-19-12-7-4-8-13-19)23(29)26-20(22(25)28)15-9-14-18-10-5-3-6-11-18/h3-14,17,20-21H,15-16H2,1-2H3,(H2,25,28)(H,26,29)(H,27,30)/b14-9+/t20-,21-/m0/s1. The molecule has 0 saturated carbocycles. The summed E-state index contributed by atoms with van der Waals surface area (Å²) in [6, 6.07) is 17.0. The van der Waals surface area contributed by atoms with Crippen LogP contribution in [0.1, 0.15) is 31.4 Å². The van der Waals surface area contributed by atoms with Crippen LogP contribution in [0.2, 0.25) is 0 Å². The van der Waals surface area contributed by atoms with Crippen molar-refractivity contribution in [3.63, 3.8) is 0 Å². The molecular weight excluding hydrogens is 394 g/mol. The maximum absolute atomic E-state index is 12.7. The number of nitrogens with one attached hydrogen (secondary N) is 2. The van der Waals surface area contributed by atoms with E-state index in [1.54, 1.807) is 19.9 Å². The Morgan fingerprint density at radius 3 is 2.16 bits per heavy atom. The lowest BCUT2D eigenvalue weighted by atomic mass is 10.0. The first-order chi connectivity index (χ1) is 14.9. The highest BCUT2D eigenvalue weighted by Crippen LogP contribution is 2.07. The molecular formula is C24H29N3O4. The highest BCUT2D eigenvalue weighted by molar-refractivity contribution is 5.91. The van der Waals surface area contributed by atoms with Crippen LogP contribution in [0.4, 0.5) is 4.79 Å². The average molecular weight is 424 g/mol. The van der Waals surface area contributed by atoms with Crippen molar-refractivity contribution in [3.8, 4) is 0 Å². The molecule has 0 aliphatic heterocycles. The van der Waals surface area contributed by atoms with E-state index in [1.807, 2.05) is 66.7 Å². The summed E-state index contributed by atoms with van der Waals surface area (Å²) in [5.74, 6) is -1.37. The number of carbonyl (C=O) groups is 3. The van der Waals surface area contributed by atoms with Gasteiger partial charge in [-0.1, -0.05) is 86.7 Å². The molecule has 2 atom stereocenters. The van der Waals surface area contributed by atoms with Gasteiger partial charge in [0.15, 0.2) is 0 Å². The van der Waals surface area contributed by atoms with E-state index < -0.39 is 30.0 Å². The third kappa shape index (κ3) is 8.34. The van der Waals surface area contributed by atoms with Crippen molar-refractivity contribution in [2.75, 3.05) is 0 Å². The van der Waals surface area contributed by atoms with Crippen LogP contribution in [0.25, 0.3) is 6.08 Å². The fourth-order valence-corrected chi connectivity index (χ4v) is 2.84. The molecule has 0 radical (unpaired) electrons. The summed E-state index contributed by atoms with van der Waals surface area (Å²) in [6.07, 6.45) is 3.15. The molecule has 0 heterocycles. The number of rotatable bonds is 10. The molecule has 0 saturated heterocycles. The molecule has 2 aromatic carbocycles. The largest absolute Gasteiger partial charge is 0.445 e. The number of amides is 3. The van der Waals surface area contributed by atoms with E-state index in [4.69, 9.17) is 10.5 Å². The van der Waals surface area contributed by atoms with Gasteiger partial charge in [0.2, 0.25) is 11.8 Å². The first kappa shape index (κ1) is 23.7. The molecule has 164 valence electrons. The van der Waals surface area contributed by atoms with E-state index in [2.05, 4.69) is 10.6 Å². The van der Waals surface area contributed by atoms with Crippen LogP contribution in [-0.4, -0.2) is 30.0 Å². The normalized spacial score (nSPS) is 12.9. The molecule has 2 rings (SSSR count). The molecule has 31 heavy (non-hydrogen) atoms. The first-order valence-electron chi connectivity index (χ1n) is 10.2. The molecule has 0 aliphatic carbocycles. The molecule has 7 nitrogen and oxygen atoms in total. The van der Waals surface area contributed by atoms with Crippen LogP contribution in [0.3, 0.4) is 0 Å². The van der Waals surface area contributed by atoms with Gasteiger partial charge in [0.05, 0.1) is 0 Å². The number of primary amides is 1. The van der Waals surface area contributed by atoms with Crippen LogP contribution < -0.4 is 16.4 Å². The first-order valence-corrected chi connectivity index (χ1v) is 10.2. The summed E-state index contributed by atoms with van der Waals surface area (Å²) in [7, 11) is 0. The topological polar surface area (TPSA) is 111 Å². The van der Waals surface area contributed by atoms with E-state index in [-0.39, 0.29) is 18.9 Å². The van der Waals surface area contributed by atoms with E-state index in [0.29, 0.717) is 0 Å². The van der Waals surface area contributed by atoms with Crippen molar-refractivity contribution >= 4 is 24.0 Å². The Balaban J connectivity index is 1.92. The number of nitrogens with two attached hydrogens (primary N) is 1. The molecule has 2 aromatic rings. The number of hydrogen-bond acceptors (Lipinski definition) is 4. The lowest BCUT2D eigenvalue weighted by Crippen LogP contribution is -2.54. The van der Waals surface area contributed by atoms with Crippen molar-refractivity contribution in [1.82, 2.24) is 10.6 Å². The fourth-order valence-electron chi connectivity index (χ4n) is 2.84. The van der Waals surface area contributed by atoms with Gasteiger partial charge in [0.25, 0.3) is 0 Å². The number of alkyl carbamates (subject to hydrolysis) is 1. The number of benzene rings is 2. The zero-order valence-electron chi connectivity index (χ0n) is 17.8. The minimum absolute atomic E-state index is 0.0906. The summed E-state index contributed by atoms with van der Waals surface area (Å²) in [6.45, 7) is 3.67. The van der Waals surface area contributed by atoms with Crippen molar-refractivity contribution in [2.45, 2.75) is 39.0 Å². The number of carbonyl (C=O) groups excluding carboxylic acids is 3. The highest BCUT2D eigenvalue weighted by atomic mass is 16.5. The minimum atomic E-state index is -0.893. The van der Waals surface area contributed by atoms with E-state index in [0.717, 1.165) is 11.1 Å². The Bertz CT molecular complexity index is 882. The number of hydrogen-bond donors (Lipinski definition) is 3. The SMILES string of the molecule is CC(C)[C@H](NC(=O)OCc1ccccc1)C(=O)N[C@@H](C/C=C/c1ccccc1)C(N)=O. The monoisotopic (exact) mass is 423 g/mol. The Labute approximate surface area is 182 Å². The Morgan fingerprint density at radius 2 is 1.58 bits per heavy atom. The van der Waals surface area contributed by atoms with E-state index in [9.17, 15) is 14.4 Å².